The number of anilines is 1. The summed E-state index contributed by atoms with van der Waals surface area (Å²) in [5.41, 5.74) is 4.64. The van der Waals surface area contributed by atoms with E-state index in [1.807, 2.05) is 20.8 Å². The van der Waals surface area contributed by atoms with Crippen LogP contribution >= 0.6 is 11.6 Å². The molecular formula is C14H18ClF3N2O. The van der Waals surface area contributed by atoms with E-state index in [0.29, 0.717) is 0 Å². The van der Waals surface area contributed by atoms with Gasteiger partial charge in [-0.25, -0.2) is 0 Å². The van der Waals surface area contributed by atoms with E-state index in [1.165, 1.54) is 0 Å². The van der Waals surface area contributed by atoms with E-state index in [1.54, 1.807) is 0 Å². The van der Waals surface area contributed by atoms with Gasteiger partial charge in [0, 0.05) is 12.5 Å². The summed E-state index contributed by atoms with van der Waals surface area (Å²) in [6.07, 6.45) is -4.50. The lowest BCUT2D eigenvalue weighted by atomic mass is 9.85. The van der Waals surface area contributed by atoms with Crippen LogP contribution in [0.4, 0.5) is 18.9 Å². The molecule has 0 spiro atoms. The van der Waals surface area contributed by atoms with Crippen molar-refractivity contribution in [3.05, 3.63) is 28.8 Å². The summed E-state index contributed by atoms with van der Waals surface area (Å²) in [6, 6.07) is 2.35. The molecule has 1 aromatic rings. The minimum atomic E-state index is -4.49. The first-order valence-corrected chi connectivity index (χ1v) is 6.71. The van der Waals surface area contributed by atoms with E-state index in [9.17, 15) is 18.0 Å². The van der Waals surface area contributed by atoms with Crippen molar-refractivity contribution in [2.24, 2.45) is 11.1 Å². The molecule has 0 aromatic heterocycles. The SMILES string of the molecule is CC(C)(C)C(N)CC(=O)Nc1cc(C(F)(F)F)ccc1Cl. The first kappa shape index (κ1) is 17.8. The highest BCUT2D eigenvalue weighted by molar-refractivity contribution is 6.33. The number of nitrogens with one attached hydrogen (secondary N) is 1. The Morgan fingerprint density at radius 1 is 1.33 bits per heavy atom. The second-order valence-electron chi connectivity index (χ2n) is 5.92. The molecule has 1 aromatic carbocycles. The number of rotatable bonds is 3. The first-order valence-electron chi connectivity index (χ1n) is 6.33. The largest absolute Gasteiger partial charge is 0.416 e. The Morgan fingerprint density at radius 2 is 1.90 bits per heavy atom. The van der Waals surface area contributed by atoms with Crippen LogP contribution in [-0.4, -0.2) is 11.9 Å². The summed E-state index contributed by atoms with van der Waals surface area (Å²) in [5.74, 6) is -0.473. The molecule has 1 atom stereocenters. The molecule has 3 N–H and O–H groups in total. The predicted molar refractivity (Wildman–Crippen MR) is 77.1 cm³/mol. The average Bonchev–Trinajstić information content (AvgIpc) is 2.29. The monoisotopic (exact) mass is 322 g/mol. The Kier molecular flexibility index (Phi) is 5.28. The standard InChI is InChI=1S/C14H18ClF3N2O/c1-13(2,3)11(19)7-12(21)20-10-6-8(14(16,17)18)4-5-9(10)15/h4-6,11H,7,19H2,1-3H3,(H,20,21). The molecule has 1 rings (SSSR count). The number of alkyl halides is 3. The molecule has 118 valence electrons. The van der Waals surface area contributed by atoms with Crippen molar-refractivity contribution in [1.29, 1.82) is 0 Å². The first-order chi connectivity index (χ1) is 9.41. The Hall–Kier alpha value is -1.27. The van der Waals surface area contributed by atoms with Crippen molar-refractivity contribution in [3.8, 4) is 0 Å². The van der Waals surface area contributed by atoms with Crippen molar-refractivity contribution in [1.82, 2.24) is 0 Å². The maximum atomic E-state index is 12.6. The summed E-state index contributed by atoms with van der Waals surface area (Å²) in [7, 11) is 0. The number of hydrogen-bond donors (Lipinski definition) is 2. The molecule has 0 saturated heterocycles. The van der Waals surface area contributed by atoms with Gasteiger partial charge in [0.1, 0.15) is 0 Å². The number of carbonyl (C=O) groups is 1. The number of carbonyl (C=O) groups excluding carboxylic acids is 1. The van der Waals surface area contributed by atoms with Gasteiger partial charge in [-0.05, 0) is 23.6 Å². The molecule has 0 aliphatic heterocycles. The van der Waals surface area contributed by atoms with Gasteiger partial charge in [-0.15, -0.1) is 0 Å². The van der Waals surface area contributed by atoms with Crippen molar-refractivity contribution in [3.63, 3.8) is 0 Å². The number of halogens is 4. The van der Waals surface area contributed by atoms with Crippen LogP contribution in [0.5, 0.6) is 0 Å². The third-order valence-corrected chi connectivity index (χ3v) is 3.42. The quantitative estimate of drug-likeness (QED) is 0.881. The van der Waals surface area contributed by atoms with Gasteiger partial charge in [0.2, 0.25) is 5.91 Å². The smallest absolute Gasteiger partial charge is 0.327 e. The van der Waals surface area contributed by atoms with E-state index in [0.717, 1.165) is 18.2 Å². The van der Waals surface area contributed by atoms with Crippen molar-refractivity contribution < 1.29 is 18.0 Å². The third-order valence-electron chi connectivity index (χ3n) is 3.09. The van der Waals surface area contributed by atoms with Gasteiger partial charge in [0.15, 0.2) is 0 Å². The number of benzene rings is 1. The number of amides is 1. The number of nitrogens with two attached hydrogens (primary N) is 1. The molecule has 1 amide bonds. The van der Waals surface area contributed by atoms with Crippen molar-refractivity contribution >= 4 is 23.2 Å². The Labute approximate surface area is 126 Å². The highest BCUT2D eigenvalue weighted by atomic mass is 35.5. The molecule has 0 bridgehead atoms. The fourth-order valence-corrected chi connectivity index (χ4v) is 1.67. The van der Waals surface area contributed by atoms with Crippen LogP contribution in [0, 0.1) is 5.41 Å². The third kappa shape index (κ3) is 5.21. The maximum Gasteiger partial charge on any atom is 0.416 e. The summed E-state index contributed by atoms with van der Waals surface area (Å²) >= 11 is 5.80. The van der Waals surface area contributed by atoms with Gasteiger partial charge in [0.25, 0.3) is 0 Å². The molecule has 21 heavy (non-hydrogen) atoms. The minimum Gasteiger partial charge on any atom is -0.327 e. The second kappa shape index (κ2) is 6.23. The second-order valence-corrected chi connectivity index (χ2v) is 6.32. The van der Waals surface area contributed by atoms with E-state index in [2.05, 4.69) is 5.32 Å². The Bertz CT molecular complexity index is 524. The normalized spacial score (nSPS) is 13.9. The highest BCUT2D eigenvalue weighted by Crippen LogP contribution is 2.34. The Morgan fingerprint density at radius 3 is 2.38 bits per heavy atom. The van der Waals surface area contributed by atoms with Crippen LogP contribution in [0.25, 0.3) is 0 Å². The van der Waals surface area contributed by atoms with Crippen LogP contribution < -0.4 is 11.1 Å². The molecule has 3 nitrogen and oxygen atoms in total. The van der Waals surface area contributed by atoms with Crippen LogP contribution in [0.2, 0.25) is 5.02 Å². The van der Waals surface area contributed by atoms with Gasteiger partial charge < -0.3 is 11.1 Å². The van der Waals surface area contributed by atoms with Gasteiger partial charge in [-0.2, -0.15) is 13.2 Å². The average molecular weight is 323 g/mol. The topological polar surface area (TPSA) is 55.1 Å². The predicted octanol–water partition coefficient (Wildman–Crippen LogP) is 4.06. The van der Waals surface area contributed by atoms with Gasteiger partial charge in [-0.3, -0.25) is 4.79 Å². The van der Waals surface area contributed by atoms with Gasteiger partial charge in [0.05, 0.1) is 16.3 Å². The molecule has 0 saturated carbocycles. The van der Waals surface area contributed by atoms with E-state index < -0.39 is 23.7 Å². The van der Waals surface area contributed by atoms with Crippen molar-refractivity contribution in [2.75, 3.05) is 5.32 Å². The summed E-state index contributed by atoms with van der Waals surface area (Å²) in [4.78, 5) is 11.9. The molecule has 7 heteroatoms. The van der Waals surface area contributed by atoms with Crippen LogP contribution in [-0.2, 0) is 11.0 Å². The minimum absolute atomic E-state index is 0.00389. The van der Waals surface area contributed by atoms with Gasteiger partial charge >= 0.3 is 6.18 Å². The number of hydrogen-bond acceptors (Lipinski definition) is 2. The summed E-state index contributed by atoms with van der Waals surface area (Å²) < 4.78 is 37.9. The van der Waals surface area contributed by atoms with Crippen LogP contribution in [0.15, 0.2) is 18.2 Å². The lowest BCUT2D eigenvalue weighted by Gasteiger charge is -2.26. The molecular weight excluding hydrogens is 305 g/mol. The fraction of sp³-hybridized carbons (Fsp3) is 0.500. The Balaban J connectivity index is 2.86. The van der Waals surface area contributed by atoms with Crippen molar-refractivity contribution in [2.45, 2.75) is 39.4 Å². The summed E-state index contributed by atoms with van der Waals surface area (Å²) in [6.45, 7) is 5.63. The van der Waals surface area contributed by atoms with Crippen LogP contribution in [0.3, 0.4) is 0 Å². The summed E-state index contributed by atoms with van der Waals surface area (Å²) in [5, 5.41) is 2.42. The molecule has 0 heterocycles. The zero-order valence-electron chi connectivity index (χ0n) is 12.0. The zero-order chi connectivity index (χ0) is 16.4. The lowest BCUT2D eigenvalue weighted by molar-refractivity contribution is -0.137. The van der Waals surface area contributed by atoms with E-state index in [-0.39, 0.29) is 22.5 Å². The van der Waals surface area contributed by atoms with Crippen LogP contribution in [0.1, 0.15) is 32.8 Å². The zero-order valence-corrected chi connectivity index (χ0v) is 12.8. The molecule has 0 radical (unpaired) electrons. The van der Waals surface area contributed by atoms with E-state index in [4.69, 9.17) is 17.3 Å². The molecule has 0 aliphatic carbocycles. The fourth-order valence-electron chi connectivity index (χ4n) is 1.50. The lowest BCUT2D eigenvalue weighted by Crippen LogP contribution is -2.38. The van der Waals surface area contributed by atoms with Gasteiger partial charge in [-0.1, -0.05) is 32.4 Å². The van der Waals surface area contributed by atoms with E-state index >= 15 is 0 Å². The molecule has 0 aliphatic rings. The highest BCUT2D eigenvalue weighted by Gasteiger charge is 2.31. The molecule has 0 fully saturated rings. The molecule has 1 unspecified atom stereocenters. The maximum absolute atomic E-state index is 12.6.